The Labute approximate surface area is 187 Å². The molecule has 0 aliphatic carbocycles. The van der Waals surface area contributed by atoms with Crippen LogP contribution in [0.5, 0.6) is 5.88 Å². The number of aromatic nitrogens is 5. The van der Waals surface area contributed by atoms with Crippen LogP contribution in [0.25, 0.3) is 5.65 Å². The van der Waals surface area contributed by atoms with Crippen LogP contribution in [0.3, 0.4) is 0 Å². The smallest absolute Gasteiger partial charge is 0.263 e. The van der Waals surface area contributed by atoms with Gasteiger partial charge >= 0.3 is 0 Å². The number of carbonyl (C=O) groups excluding carboxylic acids is 1. The zero-order chi connectivity index (χ0) is 22.7. The van der Waals surface area contributed by atoms with Crippen molar-refractivity contribution in [3.63, 3.8) is 0 Å². The Morgan fingerprint density at radius 3 is 2.91 bits per heavy atom. The summed E-state index contributed by atoms with van der Waals surface area (Å²) in [4.78, 5) is 33.1. The van der Waals surface area contributed by atoms with Gasteiger partial charge in [-0.25, -0.2) is 15.0 Å². The Morgan fingerprint density at radius 2 is 2.09 bits per heavy atom. The molecule has 1 atom stereocenters. The van der Waals surface area contributed by atoms with Crippen LogP contribution in [0.15, 0.2) is 18.6 Å². The van der Waals surface area contributed by atoms with Crippen LogP contribution >= 0.6 is 0 Å². The molecule has 4 rings (SSSR count). The molecule has 1 unspecified atom stereocenters. The van der Waals surface area contributed by atoms with Crippen molar-refractivity contribution in [2.45, 2.75) is 46.1 Å². The summed E-state index contributed by atoms with van der Waals surface area (Å²) in [6, 6.07) is 0.344. The maximum Gasteiger partial charge on any atom is 0.263 e. The molecule has 0 aromatic carbocycles. The fourth-order valence-corrected chi connectivity index (χ4v) is 4.00. The first-order valence-electron chi connectivity index (χ1n) is 11.0. The zero-order valence-corrected chi connectivity index (χ0v) is 19.1. The summed E-state index contributed by atoms with van der Waals surface area (Å²) in [6.45, 7) is 8.05. The van der Waals surface area contributed by atoms with Crippen LogP contribution in [0.2, 0.25) is 0 Å². The van der Waals surface area contributed by atoms with Crippen molar-refractivity contribution in [1.82, 2.24) is 29.7 Å². The van der Waals surface area contributed by atoms with Gasteiger partial charge < -0.3 is 24.7 Å². The highest BCUT2D eigenvalue weighted by atomic mass is 16.5. The van der Waals surface area contributed by atoms with Crippen LogP contribution in [0, 0.1) is 13.8 Å². The van der Waals surface area contributed by atoms with E-state index in [-0.39, 0.29) is 17.4 Å². The third-order valence-electron chi connectivity index (χ3n) is 5.64. The van der Waals surface area contributed by atoms with Crippen LogP contribution in [-0.2, 0) is 0 Å². The first kappa shape index (κ1) is 21.9. The summed E-state index contributed by atoms with van der Waals surface area (Å²) in [5.74, 6) is 0.877. The Balaban J connectivity index is 1.57. The van der Waals surface area contributed by atoms with Gasteiger partial charge in [0, 0.05) is 25.5 Å². The van der Waals surface area contributed by atoms with Gasteiger partial charge in [0.2, 0.25) is 11.8 Å². The van der Waals surface area contributed by atoms with Crippen LogP contribution in [0.4, 0.5) is 11.8 Å². The molecule has 0 spiro atoms. The van der Waals surface area contributed by atoms with Gasteiger partial charge in [-0.3, -0.25) is 4.79 Å². The summed E-state index contributed by atoms with van der Waals surface area (Å²) in [5, 5.41) is 6.26. The highest BCUT2D eigenvalue weighted by Gasteiger charge is 2.23. The van der Waals surface area contributed by atoms with Crippen molar-refractivity contribution in [3.8, 4) is 5.88 Å². The predicted molar refractivity (Wildman–Crippen MR) is 123 cm³/mol. The van der Waals surface area contributed by atoms with Gasteiger partial charge in [0.05, 0.1) is 24.2 Å². The van der Waals surface area contributed by atoms with Crippen molar-refractivity contribution < 1.29 is 9.53 Å². The van der Waals surface area contributed by atoms with E-state index in [0.717, 1.165) is 49.4 Å². The predicted octanol–water partition coefficient (Wildman–Crippen LogP) is 2.37. The molecule has 3 aromatic heterocycles. The summed E-state index contributed by atoms with van der Waals surface area (Å²) in [5.41, 5.74) is 2.65. The van der Waals surface area contributed by atoms with Gasteiger partial charge in [-0.1, -0.05) is 0 Å². The van der Waals surface area contributed by atoms with E-state index >= 15 is 0 Å². The van der Waals surface area contributed by atoms with Crippen LogP contribution in [-0.4, -0.2) is 63.0 Å². The molecule has 0 saturated carbocycles. The second kappa shape index (κ2) is 9.47. The third-order valence-corrected chi connectivity index (χ3v) is 5.64. The minimum atomic E-state index is -0.371. The summed E-state index contributed by atoms with van der Waals surface area (Å²) in [6.07, 6.45) is 8.36. The van der Waals surface area contributed by atoms with E-state index < -0.39 is 0 Å². The van der Waals surface area contributed by atoms with Crippen LogP contribution < -0.4 is 20.3 Å². The molecule has 0 radical (unpaired) electrons. The molecule has 10 nitrogen and oxygen atoms in total. The number of nitrogens with zero attached hydrogens (tertiary/aromatic N) is 6. The molecule has 10 heteroatoms. The van der Waals surface area contributed by atoms with E-state index in [9.17, 15) is 4.79 Å². The lowest BCUT2D eigenvalue weighted by Gasteiger charge is -2.27. The Kier molecular flexibility index (Phi) is 6.50. The number of nitrogens with one attached hydrogen (secondary N) is 2. The summed E-state index contributed by atoms with van der Waals surface area (Å²) >= 11 is 0. The molecule has 4 heterocycles. The fourth-order valence-electron chi connectivity index (χ4n) is 4.00. The minimum absolute atomic E-state index is 0.268. The second-order valence-corrected chi connectivity index (χ2v) is 8.05. The SMILES string of the molecule is CCOc1nc(N(C)C2CCCNCC2)ncc1C(=O)Nc1cn2cc(C)nc2c(C)n1. The van der Waals surface area contributed by atoms with Crippen molar-refractivity contribution in [3.05, 3.63) is 35.5 Å². The molecule has 170 valence electrons. The first-order valence-corrected chi connectivity index (χ1v) is 11.0. The average molecular weight is 439 g/mol. The molecular formula is C22H30N8O2. The lowest BCUT2D eigenvalue weighted by molar-refractivity contribution is 0.102. The van der Waals surface area contributed by atoms with Gasteiger partial charge in [0.25, 0.3) is 5.91 Å². The Hall–Kier alpha value is -3.27. The maximum atomic E-state index is 13.0. The zero-order valence-electron chi connectivity index (χ0n) is 19.1. The van der Waals surface area contributed by atoms with Gasteiger partial charge in [0.1, 0.15) is 11.4 Å². The number of anilines is 2. The third kappa shape index (κ3) is 4.64. The fraction of sp³-hybridized carbons (Fsp3) is 0.500. The Morgan fingerprint density at radius 1 is 1.25 bits per heavy atom. The number of fused-ring (bicyclic) bond motifs is 1. The highest BCUT2D eigenvalue weighted by Crippen LogP contribution is 2.23. The average Bonchev–Trinajstić information content (AvgIpc) is 2.97. The first-order chi connectivity index (χ1) is 15.5. The topological polar surface area (TPSA) is 110 Å². The Bertz CT molecular complexity index is 1100. The van der Waals surface area contributed by atoms with Crippen molar-refractivity contribution in [1.29, 1.82) is 0 Å². The number of hydrogen-bond donors (Lipinski definition) is 2. The number of rotatable bonds is 6. The maximum absolute atomic E-state index is 13.0. The number of aryl methyl sites for hydroxylation is 2. The second-order valence-electron chi connectivity index (χ2n) is 8.05. The summed E-state index contributed by atoms with van der Waals surface area (Å²) < 4.78 is 7.56. The standard InChI is InChI=1S/C22H30N8O2/c1-5-32-21-17(11-24-22(28-21)29(4)16-7-6-9-23-10-8-16)20(31)27-18-13-30-12-14(2)25-19(30)15(3)26-18/h11-13,16,23H,5-10H2,1-4H3,(H,27,31). The molecule has 1 saturated heterocycles. The highest BCUT2D eigenvalue weighted by molar-refractivity contribution is 6.05. The van der Waals surface area contributed by atoms with Crippen LogP contribution in [0.1, 0.15) is 47.9 Å². The van der Waals surface area contributed by atoms with E-state index in [4.69, 9.17) is 4.74 Å². The quantitative estimate of drug-likeness (QED) is 0.604. The molecule has 3 aromatic rings. The molecular weight excluding hydrogens is 408 g/mol. The molecule has 1 aliphatic rings. The molecule has 0 bridgehead atoms. The molecule has 32 heavy (non-hydrogen) atoms. The van der Waals surface area contributed by atoms with Crippen molar-refractivity contribution >= 4 is 23.3 Å². The molecule has 1 fully saturated rings. The van der Waals surface area contributed by atoms with Gasteiger partial charge in [0.15, 0.2) is 5.65 Å². The number of imidazole rings is 1. The van der Waals surface area contributed by atoms with E-state index in [2.05, 4.69) is 35.5 Å². The van der Waals surface area contributed by atoms with Crippen molar-refractivity contribution in [2.75, 3.05) is 37.0 Å². The number of amides is 1. The lowest BCUT2D eigenvalue weighted by Crippen LogP contribution is -2.34. The summed E-state index contributed by atoms with van der Waals surface area (Å²) in [7, 11) is 2.00. The largest absolute Gasteiger partial charge is 0.477 e. The van der Waals surface area contributed by atoms with E-state index in [1.165, 1.54) is 6.20 Å². The molecule has 1 amide bonds. The minimum Gasteiger partial charge on any atom is -0.477 e. The lowest BCUT2D eigenvalue weighted by atomic mass is 10.1. The molecule has 2 N–H and O–H groups in total. The van der Waals surface area contributed by atoms with Crippen molar-refractivity contribution in [2.24, 2.45) is 0 Å². The van der Waals surface area contributed by atoms with Gasteiger partial charge in [-0.05, 0) is 53.1 Å². The number of carbonyl (C=O) groups is 1. The number of ether oxygens (including phenoxy) is 1. The molecule has 1 aliphatic heterocycles. The monoisotopic (exact) mass is 438 g/mol. The number of hydrogen-bond acceptors (Lipinski definition) is 8. The normalized spacial score (nSPS) is 16.6. The van der Waals surface area contributed by atoms with Gasteiger partial charge in [-0.15, -0.1) is 0 Å². The van der Waals surface area contributed by atoms with E-state index in [1.54, 1.807) is 6.20 Å². The van der Waals surface area contributed by atoms with Gasteiger partial charge in [-0.2, -0.15) is 4.98 Å². The van der Waals surface area contributed by atoms with E-state index in [1.807, 2.05) is 38.4 Å². The van der Waals surface area contributed by atoms with E-state index in [0.29, 0.717) is 24.4 Å².